The van der Waals surface area contributed by atoms with E-state index in [1.807, 2.05) is 0 Å². The van der Waals surface area contributed by atoms with E-state index >= 15 is 0 Å². The van der Waals surface area contributed by atoms with Crippen LogP contribution in [0.1, 0.15) is 6.42 Å². The second kappa shape index (κ2) is 6.27. The van der Waals surface area contributed by atoms with Crippen molar-refractivity contribution in [1.29, 1.82) is 0 Å². The van der Waals surface area contributed by atoms with Crippen molar-refractivity contribution in [1.82, 2.24) is 10.6 Å². The van der Waals surface area contributed by atoms with Gasteiger partial charge in [0.1, 0.15) is 0 Å². The Morgan fingerprint density at radius 3 is 3.00 bits per heavy atom. The summed E-state index contributed by atoms with van der Waals surface area (Å²) in [5.74, 6) is 0.505. The van der Waals surface area contributed by atoms with E-state index in [-0.39, 0.29) is 6.03 Å². The minimum Gasteiger partial charge on any atom is -0.338 e. The molecule has 0 spiro atoms. The number of amides is 2. The first kappa shape index (κ1) is 13.5. The number of hydrogen-bond acceptors (Lipinski definition) is 2. The van der Waals surface area contributed by atoms with E-state index in [0.717, 1.165) is 19.5 Å². The van der Waals surface area contributed by atoms with E-state index < -0.39 is 0 Å². The number of carbonyl (C=O) groups excluding carboxylic acids is 1. The van der Waals surface area contributed by atoms with Gasteiger partial charge >= 0.3 is 6.03 Å². The van der Waals surface area contributed by atoms with Crippen LogP contribution in [0.2, 0.25) is 10.0 Å². The Kier molecular flexibility index (Phi) is 4.69. The molecule has 0 radical (unpaired) electrons. The molecule has 6 heteroatoms. The van der Waals surface area contributed by atoms with Crippen LogP contribution in [0, 0.1) is 5.92 Å². The number of hydrogen-bond donors (Lipinski definition) is 3. The fourth-order valence-corrected chi connectivity index (χ4v) is 2.22. The summed E-state index contributed by atoms with van der Waals surface area (Å²) in [5, 5.41) is 9.77. The molecule has 1 saturated heterocycles. The maximum atomic E-state index is 11.7. The van der Waals surface area contributed by atoms with Crippen molar-refractivity contribution in [2.45, 2.75) is 6.42 Å². The standard InChI is InChI=1S/C12H15Cl2N3O/c13-9-1-2-10(14)11(5-9)17-12(18)16-7-8-3-4-15-6-8/h1-2,5,8,15H,3-4,6-7H2,(H2,16,17,18). The predicted octanol–water partition coefficient (Wildman–Crippen LogP) is 2.72. The van der Waals surface area contributed by atoms with Crippen LogP contribution in [-0.4, -0.2) is 25.7 Å². The zero-order chi connectivity index (χ0) is 13.0. The summed E-state index contributed by atoms with van der Waals surface area (Å²) in [6.45, 7) is 2.64. The van der Waals surface area contributed by atoms with Crippen molar-refractivity contribution in [2.24, 2.45) is 5.92 Å². The second-order valence-electron chi connectivity index (χ2n) is 4.32. The van der Waals surface area contributed by atoms with E-state index in [0.29, 0.717) is 28.2 Å². The lowest BCUT2D eigenvalue weighted by molar-refractivity contribution is 0.250. The van der Waals surface area contributed by atoms with Gasteiger partial charge in [0, 0.05) is 11.6 Å². The zero-order valence-corrected chi connectivity index (χ0v) is 11.3. The van der Waals surface area contributed by atoms with Crippen LogP contribution in [0.25, 0.3) is 0 Å². The summed E-state index contributed by atoms with van der Waals surface area (Å²) in [6.07, 6.45) is 1.10. The molecular formula is C12H15Cl2N3O. The van der Waals surface area contributed by atoms with E-state index in [2.05, 4.69) is 16.0 Å². The van der Waals surface area contributed by atoms with Crippen LogP contribution >= 0.6 is 23.2 Å². The molecule has 3 N–H and O–H groups in total. The predicted molar refractivity (Wildman–Crippen MR) is 74.5 cm³/mol. The van der Waals surface area contributed by atoms with Crippen molar-refractivity contribution in [2.75, 3.05) is 25.0 Å². The van der Waals surface area contributed by atoms with Gasteiger partial charge in [0.15, 0.2) is 0 Å². The van der Waals surface area contributed by atoms with Gasteiger partial charge in [-0.05, 0) is 43.6 Å². The summed E-state index contributed by atoms with van der Waals surface area (Å²) < 4.78 is 0. The number of nitrogens with one attached hydrogen (secondary N) is 3. The molecule has 0 saturated carbocycles. The van der Waals surface area contributed by atoms with Crippen LogP contribution in [0.5, 0.6) is 0 Å². The van der Waals surface area contributed by atoms with Gasteiger partial charge in [-0.1, -0.05) is 23.2 Å². The normalized spacial score (nSPS) is 18.7. The molecular weight excluding hydrogens is 273 g/mol. The first-order valence-corrected chi connectivity index (χ1v) is 6.61. The number of halogens is 2. The number of anilines is 1. The highest BCUT2D eigenvalue weighted by molar-refractivity contribution is 6.35. The highest BCUT2D eigenvalue weighted by Gasteiger charge is 2.15. The third-order valence-corrected chi connectivity index (χ3v) is 3.45. The van der Waals surface area contributed by atoms with Gasteiger partial charge in [0.2, 0.25) is 0 Å². The summed E-state index contributed by atoms with van der Waals surface area (Å²) in [5.41, 5.74) is 0.520. The lowest BCUT2D eigenvalue weighted by Crippen LogP contribution is -2.33. The molecule has 0 aliphatic carbocycles. The fraction of sp³-hybridized carbons (Fsp3) is 0.417. The molecule has 2 rings (SSSR count). The first-order valence-electron chi connectivity index (χ1n) is 5.86. The molecule has 1 aromatic rings. The van der Waals surface area contributed by atoms with E-state index in [1.54, 1.807) is 18.2 Å². The van der Waals surface area contributed by atoms with E-state index in [1.165, 1.54) is 0 Å². The maximum Gasteiger partial charge on any atom is 0.319 e. The minimum absolute atomic E-state index is 0.258. The molecule has 1 fully saturated rings. The van der Waals surface area contributed by atoms with Crippen LogP contribution < -0.4 is 16.0 Å². The molecule has 1 aliphatic heterocycles. The van der Waals surface area contributed by atoms with Crippen LogP contribution in [0.4, 0.5) is 10.5 Å². The molecule has 18 heavy (non-hydrogen) atoms. The highest BCUT2D eigenvalue weighted by atomic mass is 35.5. The summed E-state index contributed by atoms with van der Waals surface area (Å²) in [6, 6.07) is 4.70. The van der Waals surface area contributed by atoms with Gasteiger partial charge in [0.05, 0.1) is 10.7 Å². The van der Waals surface area contributed by atoms with Gasteiger partial charge in [-0.25, -0.2) is 4.79 Å². The Hall–Kier alpha value is -0.970. The molecule has 1 aliphatic rings. The van der Waals surface area contributed by atoms with Crippen molar-refractivity contribution >= 4 is 34.9 Å². The topological polar surface area (TPSA) is 53.2 Å². The Morgan fingerprint density at radius 2 is 2.28 bits per heavy atom. The van der Waals surface area contributed by atoms with Gasteiger partial charge in [-0.2, -0.15) is 0 Å². The summed E-state index contributed by atoms with van der Waals surface area (Å²) in [4.78, 5) is 11.7. The number of rotatable bonds is 3. The average molecular weight is 288 g/mol. The first-order chi connectivity index (χ1) is 8.65. The molecule has 0 bridgehead atoms. The average Bonchev–Trinajstić information content (AvgIpc) is 2.84. The number of urea groups is 1. The fourth-order valence-electron chi connectivity index (χ4n) is 1.89. The van der Waals surface area contributed by atoms with Crippen LogP contribution in [0.3, 0.4) is 0 Å². The highest BCUT2D eigenvalue weighted by Crippen LogP contribution is 2.25. The van der Waals surface area contributed by atoms with Crippen LogP contribution in [-0.2, 0) is 0 Å². The van der Waals surface area contributed by atoms with Crippen molar-refractivity contribution in [3.63, 3.8) is 0 Å². The van der Waals surface area contributed by atoms with Crippen molar-refractivity contribution in [3.8, 4) is 0 Å². The molecule has 1 heterocycles. The lowest BCUT2D eigenvalue weighted by Gasteiger charge is -2.12. The van der Waals surface area contributed by atoms with Crippen molar-refractivity contribution in [3.05, 3.63) is 28.2 Å². The maximum absolute atomic E-state index is 11.7. The summed E-state index contributed by atoms with van der Waals surface area (Å²) >= 11 is 11.8. The smallest absolute Gasteiger partial charge is 0.319 e. The Labute approximate surface area is 116 Å². The Balaban J connectivity index is 1.84. The van der Waals surface area contributed by atoms with Gasteiger partial charge < -0.3 is 16.0 Å². The van der Waals surface area contributed by atoms with E-state index in [9.17, 15) is 4.79 Å². The molecule has 1 unspecified atom stereocenters. The molecule has 4 nitrogen and oxygen atoms in total. The van der Waals surface area contributed by atoms with Gasteiger partial charge in [-0.15, -0.1) is 0 Å². The lowest BCUT2D eigenvalue weighted by atomic mass is 10.1. The quantitative estimate of drug-likeness (QED) is 0.801. The third kappa shape index (κ3) is 3.77. The minimum atomic E-state index is -0.258. The molecule has 98 valence electrons. The molecule has 0 aromatic heterocycles. The summed E-state index contributed by atoms with van der Waals surface area (Å²) in [7, 11) is 0. The SMILES string of the molecule is O=C(NCC1CCNC1)Nc1cc(Cl)ccc1Cl. The molecule has 2 amide bonds. The number of benzene rings is 1. The number of carbonyl (C=O) groups is 1. The van der Waals surface area contributed by atoms with E-state index in [4.69, 9.17) is 23.2 Å². The Bertz CT molecular complexity index is 433. The molecule has 1 atom stereocenters. The van der Waals surface area contributed by atoms with Crippen LogP contribution in [0.15, 0.2) is 18.2 Å². The molecule has 1 aromatic carbocycles. The third-order valence-electron chi connectivity index (χ3n) is 2.89. The Morgan fingerprint density at radius 1 is 1.44 bits per heavy atom. The zero-order valence-electron chi connectivity index (χ0n) is 9.80. The van der Waals surface area contributed by atoms with Crippen molar-refractivity contribution < 1.29 is 4.79 Å². The monoisotopic (exact) mass is 287 g/mol. The van der Waals surface area contributed by atoms with Gasteiger partial charge in [0.25, 0.3) is 0 Å². The largest absolute Gasteiger partial charge is 0.338 e. The van der Waals surface area contributed by atoms with Gasteiger partial charge in [-0.3, -0.25) is 0 Å². The second-order valence-corrected chi connectivity index (χ2v) is 5.16.